The van der Waals surface area contributed by atoms with Gasteiger partial charge in [-0.3, -0.25) is 0 Å². The van der Waals surface area contributed by atoms with Gasteiger partial charge < -0.3 is 15.2 Å². The lowest BCUT2D eigenvalue weighted by atomic mass is 10.0. The Labute approximate surface area is 131 Å². The van der Waals surface area contributed by atoms with Gasteiger partial charge in [0.15, 0.2) is 0 Å². The van der Waals surface area contributed by atoms with Gasteiger partial charge in [0, 0.05) is 17.7 Å². The number of rotatable bonds is 9. The lowest BCUT2D eigenvalue weighted by molar-refractivity contribution is 0.100. The highest BCUT2D eigenvalue weighted by Crippen LogP contribution is 2.33. The Balaban J connectivity index is 2.71. The van der Waals surface area contributed by atoms with Gasteiger partial charge in [0.25, 0.3) is 0 Å². The molecule has 5 heteroatoms. The molecule has 0 fully saturated rings. The van der Waals surface area contributed by atoms with Crippen LogP contribution in [0.25, 0.3) is 0 Å². The molecular formula is C15H23Cl2NO2. The minimum atomic E-state index is 0.0724. The second-order valence-corrected chi connectivity index (χ2v) is 5.55. The maximum atomic E-state index is 6.21. The van der Waals surface area contributed by atoms with Gasteiger partial charge in [-0.2, -0.15) is 0 Å². The van der Waals surface area contributed by atoms with E-state index in [0.29, 0.717) is 35.4 Å². The van der Waals surface area contributed by atoms with Crippen molar-refractivity contribution in [1.29, 1.82) is 0 Å². The Kier molecular flexibility index (Phi) is 8.31. The third-order valence-corrected chi connectivity index (χ3v) is 3.41. The van der Waals surface area contributed by atoms with Gasteiger partial charge in [0.2, 0.25) is 0 Å². The van der Waals surface area contributed by atoms with Crippen molar-refractivity contribution < 1.29 is 9.47 Å². The van der Waals surface area contributed by atoms with Crippen molar-refractivity contribution in [1.82, 2.24) is 0 Å². The van der Waals surface area contributed by atoms with E-state index in [1.807, 2.05) is 6.07 Å². The number of hydrogen-bond acceptors (Lipinski definition) is 3. The molecule has 1 aromatic rings. The summed E-state index contributed by atoms with van der Waals surface area (Å²) in [4.78, 5) is 0. The van der Waals surface area contributed by atoms with Crippen LogP contribution < -0.4 is 10.5 Å². The topological polar surface area (TPSA) is 44.5 Å². The molecule has 1 aromatic carbocycles. The predicted octanol–water partition coefficient (Wildman–Crippen LogP) is 4.08. The van der Waals surface area contributed by atoms with Crippen molar-refractivity contribution in [2.45, 2.75) is 39.2 Å². The highest BCUT2D eigenvalue weighted by Gasteiger charge is 2.13. The van der Waals surface area contributed by atoms with Gasteiger partial charge in [-0.15, -0.1) is 0 Å². The highest BCUT2D eigenvalue weighted by atomic mass is 35.5. The Bertz CT molecular complexity index is 413. The second kappa shape index (κ2) is 9.46. The van der Waals surface area contributed by atoms with E-state index in [1.165, 1.54) is 0 Å². The Hall–Kier alpha value is -0.480. The molecule has 0 aliphatic rings. The highest BCUT2D eigenvalue weighted by molar-refractivity contribution is 6.35. The van der Waals surface area contributed by atoms with Crippen LogP contribution in [-0.2, 0) is 11.2 Å². The second-order valence-electron chi connectivity index (χ2n) is 4.71. The summed E-state index contributed by atoms with van der Waals surface area (Å²) < 4.78 is 11.1. The van der Waals surface area contributed by atoms with E-state index in [2.05, 4.69) is 13.8 Å². The van der Waals surface area contributed by atoms with Gasteiger partial charge >= 0.3 is 0 Å². The van der Waals surface area contributed by atoms with Gasteiger partial charge in [-0.1, -0.05) is 37.0 Å². The summed E-state index contributed by atoms with van der Waals surface area (Å²) in [6, 6.07) is 3.63. The van der Waals surface area contributed by atoms with Crippen LogP contribution in [0.4, 0.5) is 0 Å². The van der Waals surface area contributed by atoms with Gasteiger partial charge in [0.1, 0.15) is 12.4 Å². The average molecular weight is 320 g/mol. The summed E-state index contributed by atoms with van der Waals surface area (Å²) in [6.07, 6.45) is 2.59. The molecule has 0 aliphatic heterocycles. The molecule has 0 radical (unpaired) electrons. The van der Waals surface area contributed by atoms with Gasteiger partial charge in [-0.05, 0) is 37.0 Å². The maximum absolute atomic E-state index is 6.21. The molecule has 0 heterocycles. The summed E-state index contributed by atoms with van der Waals surface area (Å²) in [5, 5.41) is 1.12. The number of hydrogen-bond donors (Lipinski definition) is 1. The zero-order valence-electron chi connectivity index (χ0n) is 12.1. The van der Waals surface area contributed by atoms with Crippen LogP contribution in [0.5, 0.6) is 5.75 Å². The zero-order chi connectivity index (χ0) is 15.0. The summed E-state index contributed by atoms with van der Waals surface area (Å²) in [5.74, 6) is 0.667. The minimum Gasteiger partial charge on any atom is -0.489 e. The van der Waals surface area contributed by atoms with Crippen LogP contribution in [0.2, 0.25) is 10.0 Å². The first kappa shape index (κ1) is 17.6. The molecule has 20 heavy (non-hydrogen) atoms. The third-order valence-electron chi connectivity index (χ3n) is 2.91. The SMILES string of the molecule is CCCOCCOc1c(Cl)cc(Cl)cc1CC(N)CC. The number of halogens is 2. The van der Waals surface area contributed by atoms with E-state index in [0.717, 1.165) is 25.0 Å². The molecule has 0 aliphatic carbocycles. The number of benzene rings is 1. The lowest BCUT2D eigenvalue weighted by Gasteiger charge is -2.16. The summed E-state index contributed by atoms with van der Waals surface area (Å²) in [5.41, 5.74) is 6.95. The van der Waals surface area contributed by atoms with Crippen molar-refractivity contribution in [2.24, 2.45) is 5.73 Å². The van der Waals surface area contributed by atoms with Crippen molar-refractivity contribution in [3.8, 4) is 5.75 Å². The summed E-state index contributed by atoms with van der Waals surface area (Å²) in [6.45, 7) is 5.88. The van der Waals surface area contributed by atoms with Crippen LogP contribution in [-0.4, -0.2) is 25.9 Å². The van der Waals surface area contributed by atoms with E-state index >= 15 is 0 Å². The molecule has 2 N–H and O–H groups in total. The quantitative estimate of drug-likeness (QED) is 0.697. The van der Waals surface area contributed by atoms with Gasteiger partial charge in [-0.25, -0.2) is 0 Å². The Morgan fingerprint density at radius 1 is 1.15 bits per heavy atom. The first-order valence-corrected chi connectivity index (χ1v) is 7.78. The Morgan fingerprint density at radius 3 is 2.55 bits per heavy atom. The molecule has 3 nitrogen and oxygen atoms in total. The van der Waals surface area contributed by atoms with E-state index in [1.54, 1.807) is 6.07 Å². The number of nitrogens with two attached hydrogens (primary N) is 1. The van der Waals surface area contributed by atoms with Crippen molar-refractivity contribution >= 4 is 23.2 Å². The standard InChI is InChI=1S/C15H23Cl2NO2/c1-3-5-19-6-7-20-15-11(9-13(18)4-2)8-12(16)10-14(15)17/h8,10,13H,3-7,9,18H2,1-2H3. The average Bonchev–Trinajstić information content (AvgIpc) is 2.40. The van der Waals surface area contributed by atoms with E-state index in [4.69, 9.17) is 38.4 Å². The van der Waals surface area contributed by atoms with Crippen LogP contribution in [0.15, 0.2) is 12.1 Å². The molecule has 1 unspecified atom stereocenters. The van der Waals surface area contributed by atoms with Crippen LogP contribution in [0, 0.1) is 0 Å². The third kappa shape index (κ3) is 5.88. The first-order valence-electron chi connectivity index (χ1n) is 7.02. The first-order chi connectivity index (χ1) is 9.58. The molecule has 114 valence electrons. The molecule has 1 rings (SSSR count). The normalized spacial score (nSPS) is 12.4. The number of ether oxygens (including phenoxy) is 2. The molecule has 0 spiro atoms. The fourth-order valence-corrected chi connectivity index (χ4v) is 2.39. The fraction of sp³-hybridized carbons (Fsp3) is 0.600. The molecule has 0 bridgehead atoms. The van der Waals surface area contributed by atoms with E-state index in [-0.39, 0.29) is 6.04 Å². The largest absolute Gasteiger partial charge is 0.489 e. The Morgan fingerprint density at radius 2 is 1.90 bits per heavy atom. The van der Waals surface area contributed by atoms with E-state index < -0.39 is 0 Å². The van der Waals surface area contributed by atoms with Crippen molar-refractivity contribution in [3.05, 3.63) is 27.7 Å². The van der Waals surface area contributed by atoms with Crippen molar-refractivity contribution in [3.63, 3.8) is 0 Å². The molecule has 0 aromatic heterocycles. The van der Waals surface area contributed by atoms with Crippen molar-refractivity contribution in [2.75, 3.05) is 19.8 Å². The molecule has 1 atom stereocenters. The fourth-order valence-electron chi connectivity index (χ4n) is 1.80. The molecule has 0 saturated heterocycles. The maximum Gasteiger partial charge on any atom is 0.141 e. The van der Waals surface area contributed by atoms with Gasteiger partial charge in [0.05, 0.1) is 11.6 Å². The van der Waals surface area contributed by atoms with E-state index in [9.17, 15) is 0 Å². The molecular weight excluding hydrogens is 297 g/mol. The van der Waals surface area contributed by atoms with Crippen LogP contribution in [0.1, 0.15) is 32.3 Å². The zero-order valence-corrected chi connectivity index (χ0v) is 13.6. The van der Waals surface area contributed by atoms with Crippen LogP contribution >= 0.6 is 23.2 Å². The molecule has 0 amide bonds. The summed E-state index contributed by atoms with van der Waals surface area (Å²) in [7, 11) is 0. The minimum absolute atomic E-state index is 0.0724. The lowest BCUT2D eigenvalue weighted by Crippen LogP contribution is -2.22. The molecule has 0 saturated carbocycles. The summed E-state index contributed by atoms with van der Waals surface area (Å²) >= 11 is 12.3. The predicted molar refractivity (Wildman–Crippen MR) is 85.0 cm³/mol. The smallest absolute Gasteiger partial charge is 0.141 e. The monoisotopic (exact) mass is 319 g/mol. The van der Waals surface area contributed by atoms with Crippen LogP contribution in [0.3, 0.4) is 0 Å².